The van der Waals surface area contributed by atoms with E-state index in [1.165, 1.54) is 22.2 Å². The van der Waals surface area contributed by atoms with Crippen molar-refractivity contribution >= 4 is 44.9 Å². The van der Waals surface area contributed by atoms with Gasteiger partial charge in [0.15, 0.2) is 5.82 Å². The van der Waals surface area contributed by atoms with E-state index in [0.29, 0.717) is 19.0 Å². The molecule has 6 nitrogen and oxygen atoms in total. The first-order chi connectivity index (χ1) is 17.9. The number of ether oxygens (including phenoxy) is 2. The van der Waals surface area contributed by atoms with Crippen molar-refractivity contribution in [1.29, 1.82) is 0 Å². The molecular weight excluding hydrogens is 502 g/mol. The Kier molecular flexibility index (Phi) is 7.79. The van der Waals surface area contributed by atoms with Crippen LogP contribution in [0.4, 0.5) is 5.69 Å². The molecule has 1 amide bonds. The summed E-state index contributed by atoms with van der Waals surface area (Å²) in [5, 5.41) is 4.86. The fourth-order valence-corrected chi connectivity index (χ4v) is 6.25. The van der Waals surface area contributed by atoms with Gasteiger partial charge in [0.2, 0.25) is 5.91 Å². The number of anilines is 1. The maximum atomic E-state index is 12.7. The lowest BCUT2D eigenvalue weighted by Gasteiger charge is -2.30. The number of thioether (sulfide) groups is 1. The van der Waals surface area contributed by atoms with Gasteiger partial charge in [-0.05, 0) is 62.2 Å². The molecule has 0 radical (unpaired) electrons. The van der Waals surface area contributed by atoms with E-state index in [2.05, 4.69) is 26.1 Å². The van der Waals surface area contributed by atoms with Gasteiger partial charge in [-0.15, -0.1) is 11.3 Å². The van der Waals surface area contributed by atoms with Crippen LogP contribution >= 0.6 is 23.1 Å². The van der Waals surface area contributed by atoms with E-state index in [1.807, 2.05) is 54.6 Å². The lowest BCUT2D eigenvalue weighted by molar-refractivity contribution is -0.113. The topological polar surface area (TPSA) is 73.3 Å². The smallest absolute Gasteiger partial charge is 0.234 e. The summed E-state index contributed by atoms with van der Waals surface area (Å²) in [6, 6.07) is 17.4. The Morgan fingerprint density at radius 3 is 2.68 bits per heavy atom. The number of para-hydroxylation sites is 1. The summed E-state index contributed by atoms with van der Waals surface area (Å²) in [6.07, 6.45) is 2.92. The Labute approximate surface area is 225 Å². The highest BCUT2D eigenvalue weighted by atomic mass is 32.2. The van der Waals surface area contributed by atoms with Gasteiger partial charge in [0.1, 0.15) is 15.6 Å². The summed E-state index contributed by atoms with van der Waals surface area (Å²) < 4.78 is 11.9. The summed E-state index contributed by atoms with van der Waals surface area (Å²) in [5.74, 6) is 1.69. The second-order valence-electron chi connectivity index (χ2n) is 9.69. The molecule has 3 heterocycles. The molecule has 8 heteroatoms. The molecule has 4 aromatic rings. The van der Waals surface area contributed by atoms with Crippen molar-refractivity contribution in [2.45, 2.75) is 57.3 Å². The standard InChI is InChI=1S/C29H31N3O3S2/c1-4-5-15-34-21-13-11-19(12-14-21)26-31-27(36-18-24(33)30-20-9-7-6-8-10-20)25-22-16-29(2,3)35-17-23(22)37-28(25)32-26/h6-14H,4-5,15-18H2,1-3H3,(H,30,33). The maximum absolute atomic E-state index is 12.7. The molecular formula is C29H31N3O3S2. The molecule has 2 aromatic heterocycles. The fourth-order valence-electron chi connectivity index (χ4n) is 4.23. The number of nitrogens with one attached hydrogen (secondary N) is 1. The molecule has 1 aliphatic heterocycles. The number of amides is 1. The average molecular weight is 534 g/mol. The highest BCUT2D eigenvalue weighted by molar-refractivity contribution is 8.00. The van der Waals surface area contributed by atoms with Crippen LogP contribution in [0, 0.1) is 0 Å². The summed E-state index contributed by atoms with van der Waals surface area (Å²) in [5.41, 5.74) is 2.70. The van der Waals surface area contributed by atoms with Crippen LogP contribution in [-0.2, 0) is 22.6 Å². The summed E-state index contributed by atoms with van der Waals surface area (Å²) in [4.78, 5) is 24.8. The number of hydrogen-bond acceptors (Lipinski definition) is 7. The normalized spacial score (nSPS) is 14.4. The van der Waals surface area contributed by atoms with Crippen LogP contribution in [0.3, 0.4) is 0 Å². The lowest BCUT2D eigenvalue weighted by atomic mass is 9.94. The van der Waals surface area contributed by atoms with Gasteiger partial charge >= 0.3 is 0 Å². The minimum atomic E-state index is -0.250. The number of hydrogen-bond donors (Lipinski definition) is 1. The van der Waals surface area contributed by atoms with E-state index >= 15 is 0 Å². The predicted molar refractivity (Wildman–Crippen MR) is 152 cm³/mol. The molecule has 0 spiro atoms. The van der Waals surface area contributed by atoms with Gasteiger partial charge in [0.25, 0.3) is 0 Å². The summed E-state index contributed by atoms with van der Waals surface area (Å²) in [7, 11) is 0. The predicted octanol–water partition coefficient (Wildman–Crippen LogP) is 7.12. The number of thiophene rings is 1. The van der Waals surface area contributed by atoms with Crippen LogP contribution in [0.25, 0.3) is 21.6 Å². The Morgan fingerprint density at radius 2 is 1.92 bits per heavy atom. The van der Waals surface area contributed by atoms with Crippen LogP contribution in [0.1, 0.15) is 44.1 Å². The zero-order chi connectivity index (χ0) is 25.8. The van der Waals surface area contributed by atoms with Crippen LogP contribution in [0.2, 0.25) is 0 Å². The zero-order valence-corrected chi connectivity index (χ0v) is 23.0. The van der Waals surface area contributed by atoms with E-state index < -0.39 is 0 Å². The van der Waals surface area contributed by atoms with Crippen molar-refractivity contribution in [2.24, 2.45) is 0 Å². The van der Waals surface area contributed by atoms with Gasteiger partial charge in [-0.25, -0.2) is 9.97 Å². The molecule has 5 rings (SSSR count). The molecule has 192 valence electrons. The van der Waals surface area contributed by atoms with Crippen LogP contribution in [-0.4, -0.2) is 33.8 Å². The Morgan fingerprint density at radius 1 is 1.14 bits per heavy atom. The molecule has 0 atom stereocenters. The third-order valence-electron chi connectivity index (χ3n) is 6.17. The highest BCUT2D eigenvalue weighted by Crippen LogP contribution is 2.42. The highest BCUT2D eigenvalue weighted by Gasteiger charge is 2.31. The van der Waals surface area contributed by atoms with Crippen LogP contribution in [0.5, 0.6) is 5.75 Å². The number of rotatable bonds is 9. The van der Waals surface area contributed by atoms with E-state index in [0.717, 1.165) is 51.5 Å². The number of nitrogens with zero attached hydrogens (tertiary/aromatic N) is 2. The van der Waals surface area contributed by atoms with E-state index in [1.54, 1.807) is 11.3 Å². The zero-order valence-electron chi connectivity index (χ0n) is 21.4. The van der Waals surface area contributed by atoms with Crippen molar-refractivity contribution in [3.63, 3.8) is 0 Å². The number of aromatic nitrogens is 2. The molecule has 0 aliphatic carbocycles. The van der Waals surface area contributed by atoms with Gasteiger partial charge in [0, 0.05) is 27.9 Å². The molecule has 37 heavy (non-hydrogen) atoms. The lowest BCUT2D eigenvalue weighted by Crippen LogP contribution is -2.31. The van der Waals surface area contributed by atoms with Crippen LogP contribution < -0.4 is 10.1 Å². The Bertz CT molecular complexity index is 1390. The molecule has 0 bridgehead atoms. The first-order valence-electron chi connectivity index (χ1n) is 12.6. The van der Waals surface area contributed by atoms with E-state index in [-0.39, 0.29) is 17.3 Å². The van der Waals surface area contributed by atoms with Crippen molar-refractivity contribution in [1.82, 2.24) is 9.97 Å². The Hall–Kier alpha value is -2.94. The van der Waals surface area contributed by atoms with Gasteiger partial charge in [-0.3, -0.25) is 4.79 Å². The fraction of sp³-hybridized carbons (Fsp3) is 0.345. The average Bonchev–Trinajstić information content (AvgIpc) is 3.25. The minimum absolute atomic E-state index is 0.0640. The largest absolute Gasteiger partial charge is 0.494 e. The first-order valence-corrected chi connectivity index (χ1v) is 14.4. The number of benzene rings is 2. The SMILES string of the molecule is CCCCOc1ccc(-c2nc(SCC(=O)Nc3ccccc3)c3c4c(sc3n2)COC(C)(C)C4)cc1. The first kappa shape index (κ1) is 25.7. The van der Waals surface area contributed by atoms with Crippen molar-refractivity contribution < 1.29 is 14.3 Å². The van der Waals surface area contributed by atoms with Gasteiger partial charge in [-0.2, -0.15) is 0 Å². The molecule has 2 aromatic carbocycles. The van der Waals surface area contributed by atoms with E-state index in [4.69, 9.17) is 19.4 Å². The molecule has 0 fully saturated rings. The second-order valence-corrected chi connectivity index (χ2v) is 11.7. The molecule has 1 N–H and O–H groups in total. The van der Waals surface area contributed by atoms with Crippen molar-refractivity contribution in [2.75, 3.05) is 17.7 Å². The van der Waals surface area contributed by atoms with Gasteiger partial charge in [0.05, 0.1) is 24.6 Å². The molecule has 1 aliphatic rings. The maximum Gasteiger partial charge on any atom is 0.234 e. The van der Waals surface area contributed by atoms with Gasteiger partial charge in [-0.1, -0.05) is 43.3 Å². The third kappa shape index (κ3) is 6.14. The molecule has 0 saturated heterocycles. The third-order valence-corrected chi connectivity index (χ3v) is 8.25. The molecule has 0 saturated carbocycles. The van der Waals surface area contributed by atoms with Crippen molar-refractivity contribution in [3.8, 4) is 17.1 Å². The van der Waals surface area contributed by atoms with Gasteiger partial charge < -0.3 is 14.8 Å². The number of unbranched alkanes of at least 4 members (excludes halogenated alkanes) is 1. The number of carbonyl (C=O) groups excluding carboxylic acids is 1. The monoisotopic (exact) mass is 533 g/mol. The van der Waals surface area contributed by atoms with Crippen LogP contribution in [0.15, 0.2) is 59.6 Å². The Balaban J connectivity index is 1.45. The quantitative estimate of drug-likeness (QED) is 0.140. The van der Waals surface area contributed by atoms with Crippen molar-refractivity contribution in [3.05, 3.63) is 65.0 Å². The number of carbonyl (C=O) groups is 1. The molecule has 0 unspecified atom stereocenters. The minimum Gasteiger partial charge on any atom is -0.494 e. The second kappa shape index (κ2) is 11.2. The summed E-state index contributed by atoms with van der Waals surface area (Å²) in [6.45, 7) is 7.65. The van der Waals surface area contributed by atoms with E-state index in [9.17, 15) is 4.79 Å². The summed E-state index contributed by atoms with van der Waals surface area (Å²) >= 11 is 3.12. The number of fused-ring (bicyclic) bond motifs is 3.